The third-order valence-corrected chi connectivity index (χ3v) is 3.49. The van der Waals surface area contributed by atoms with Crippen LogP contribution in [0, 0.1) is 19.7 Å². The SMILES string of the molecule is Cc1cc(F)ccc1NC(=O)C(C)Oc1ccc(Cl)cc1C. The highest BCUT2D eigenvalue weighted by Gasteiger charge is 2.16. The number of carbonyl (C=O) groups excluding carboxylic acids is 1. The van der Waals surface area contributed by atoms with Crippen molar-refractivity contribution in [3.05, 3.63) is 58.4 Å². The summed E-state index contributed by atoms with van der Waals surface area (Å²) in [6, 6.07) is 9.40. The second-order valence-corrected chi connectivity index (χ2v) is 5.55. The van der Waals surface area contributed by atoms with Crippen molar-refractivity contribution in [2.24, 2.45) is 0 Å². The van der Waals surface area contributed by atoms with Gasteiger partial charge in [-0.15, -0.1) is 0 Å². The molecule has 0 radical (unpaired) electrons. The molecule has 0 aliphatic carbocycles. The van der Waals surface area contributed by atoms with Gasteiger partial charge in [0.15, 0.2) is 6.10 Å². The third-order valence-electron chi connectivity index (χ3n) is 3.26. The van der Waals surface area contributed by atoms with Crippen molar-refractivity contribution in [1.82, 2.24) is 0 Å². The lowest BCUT2D eigenvalue weighted by molar-refractivity contribution is -0.122. The van der Waals surface area contributed by atoms with Crippen LogP contribution in [0.1, 0.15) is 18.1 Å². The number of ether oxygens (including phenoxy) is 1. The molecule has 116 valence electrons. The summed E-state index contributed by atoms with van der Waals surface area (Å²) < 4.78 is 18.7. The zero-order valence-corrected chi connectivity index (χ0v) is 13.4. The minimum atomic E-state index is -0.690. The molecule has 1 atom stereocenters. The molecule has 0 spiro atoms. The highest BCUT2D eigenvalue weighted by atomic mass is 35.5. The fourth-order valence-corrected chi connectivity index (χ4v) is 2.22. The van der Waals surface area contributed by atoms with E-state index in [2.05, 4.69) is 5.32 Å². The summed E-state index contributed by atoms with van der Waals surface area (Å²) in [5.74, 6) is -0.0384. The van der Waals surface area contributed by atoms with Gasteiger partial charge in [0, 0.05) is 10.7 Å². The third kappa shape index (κ3) is 3.98. The first-order chi connectivity index (χ1) is 10.4. The van der Waals surface area contributed by atoms with Crippen LogP contribution in [0.25, 0.3) is 0 Å². The van der Waals surface area contributed by atoms with Gasteiger partial charge >= 0.3 is 0 Å². The van der Waals surface area contributed by atoms with Gasteiger partial charge in [-0.25, -0.2) is 4.39 Å². The number of halogens is 2. The molecule has 0 aromatic heterocycles. The molecule has 2 rings (SSSR count). The zero-order chi connectivity index (χ0) is 16.3. The molecule has 0 heterocycles. The smallest absolute Gasteiger partial charge is 0.265 e. The van der Waals surface area contributed by atoms with E-state index < -0.39 is 6.10 Å². The Balaban J connectivity index is 2.05. The van der Waals surface area contributed by atoms with Crippen molar-refractivity contribution >= 4 is 23.2 Å². The molecule has 5 heteroatoms. The van der Waals surface area contributed by atoms with Crippen molar-refractivity contribution in [3.63, 3.8) is 0 Å². The summed E-state index contributed by atoms with van der Waals surface area (Å²) in [6.45, 7) is 5.24. The molecule has 0 saturated heterocycles. The largest absolute Gasteiger partial charge is 0.481 e. The predicted molar refractivity (Wildman–Crippen MR) is 86.0 cm³/mol. The van der Waals surface area contributed by atoms with Crippen molar-refractivity contribution in [3.8, 4) is 5.75 Å². The minimum absolute atomic E-state index is 0.302. The van der Waals surface area contributed by atoms with Crippen LogP contribution in [0.3, 0.4) is 0 Å². The number of hydrogen-bond acceptors (Lipinski definition) is 2. The van der Waals surface area contributed by atoms with E-state index in [0.717, 1.165) is 5.56 Å². The standard InChI is InChI=1S/C17H17ClFNO2/c1-10-9-14(19)5-6-15(10)20-17(21)12(3)22-16-7-4-13(18)8-11(16)2/h4-9,12H,1-3H3,(H,20,21). The van der Waals surface area contributed by atoms with Crippen molar-refractivity contribution < 1.29 is 13.9 Å². The maximum Gasteiger partial charge on any atom is 0.265 e. The lowest BCUT2D eigenvalue weighted by Crippen LogP contribution is -2.30. The first kappa shape index (κ1) is 16.3. The molecule has 3 nitrogen and oxygen atoms in total. The Bertz CT molecular complexity index is 703. The molecule has 0 saturated carbocycles. The number of anilines is 1. The molecule has 1 unspecified atom stereocenters. The van der Waals surface area contributed by atoms with Gasteiger partial charge in [-0.3, -0.25) is 4.79 Å². The highest BCUT2D eigenvalue weighted by Crippen LogP contribution is 2.23. The van der Waals surface area contributed by atoms with Gasteiger partial charge in [-0.1, -0.05) is 11.6 Å². The molecule has 2 aromatic rings. The summed E-state index contributed by atoms with van der Waals surface area (Å²) in [5.41, 5.74) is 2.07. The van der Waals surface area contributed by atoms with Crippen LogP contribution >= 0.6 is 11.6 Å². The monoisotopic (exact) mass is 321 g/mol. The van der Waals surface area contributed by atoms with Crippen LogP contribution in [0.5, 0.6) is 5.75 Å². The number of benzene rings is 2. The number of hydrogen-bond donors (Lipinski definition) is 1. The first-order valence-corrected chi connectivity index (χ1v) is 7.24. The minimum Gasteiger partial charge on any atom is -0.481 e. The van der Waals surface area contributed by atoms with E-state index in [1.807, 2.05) is 6.92 Å². The molecule has 0 aliphatic heterocycles. The van der Waals surface area contributed by atoms with Gasteiger partial charge in [-0.05, 0) is 68.3 Å². The lowest BCUT2D eigenvalue weighted by atomic mass is 10.2. The van der Waals surface area contributed by atoms with Crippen LogP contribution < -0.4 is 10.1 Å². The van der Waals surface area contributed by atoms with Gasteiger partial charge < -0.3 is 10.1 Å². The maximum atomic E-state index is 13.1. The molecule has 22 heavy (non-hydrogen) atoms. The van der Waals surface area contributed by atoms with Gasteiger partial charge in [-0.2, -0.15) is 0 Å². The Morgan fingerprint density at radius 2 is 1.91 bits per heavy atom. The Labute approximate surface area is 134 Å². The summed E-state index contributed by atoms with van der Waals surface area (Å²) in [6.07, 6.45) is -0.690. The number of amides is 1. The van der Waals surface area contributed by atoms with E-state index in [1.54, 1.807) is 32.0 Å². The Hall–Kier alpha value is -2.07. The molecule has 0 aliphatic rings. The fourth-order valence-electron chi connectivity index (χ4n) is 1.99. The molecule has 0 fully saturated rings. The summed E-state index contributed by atoms with van der Waals surface area (Å²) in [7, 11) is 0. The van der Waals surface area contributed by atoms with Crippen molar-refractivity contribution in [2.45, 2.75) is 26.9 Å². The Morgan fingerprint density at radius 3 is 2.55 bits per heavy atom. The van der Waals surface area contributed by atoms with Crippen LogP contribution in [0.2, 0.25) is 5.02 Å². The summed E-state index contributed by atoms with van der Waals surface area (Å²) in [4.78, 5) is 12.2. The normalized spacial score (nSPS) is 11.9. The molecule has 2 aromatic carbocycles. The second-order valence-electron chi connectivity index (χ2n) is 5.12. The molecule has 1 N–H and O–H groups in total. The first-order valence-electron chi connectivity index (χ1n) is 6.86. The zero-order valence-electron chi connectivity index (χ0n) is 12.6. The van der Waals surface area contributed by atoms with E-state index in [9.17, 15) is 9.18 Å². The van der Waals surface area contributed by atoms with E-state index in [-0.39, 0.29) is 11.7 Å². The molecular formula is C17H17ClFNO2. The maximum absolute atomic E-state index is 13.1. The topological polar surface area (TPSA) is 38.3 Å². The van der Waals surface area contributed by atoms with Gasteiger partial charge in [0.05, 0.1) is 0 Å². The molecule has 1 amide bonds. The molecular weight excluding hydrogens is 305 g/mol. The predicted octanol–water partition coefficient (Wildman–Crippen LogP) is 4.50. The van der Waals surface area contributed by atoms with Gasteiger partial charge in [0.2, 0.25) is 0 Å². The highest BCUT2D eigenvalue weighted by molar-refractivity contribution is 6.30. The van der Waals surface area contributed by atoms with Crippen LogP contribution in [-0.2, 0) is 4.79 Å². The number of carbonyl (C=O) groups is 1. The van der Waals surface area contributed by atoms with E-state index in [0.29, 0.717) is 22.0 Å². The fraction of sp³-hybridized carbons (Fsp3) is 0.235. The van der Waals surface area contributed by atoms with Crippen LogP contribution in [-0.4, -0.2) is 12.0 Å². The second kappa shape index (κ2) is 6.79. The number of rotatable bonds is 4. The van der Waals surface area contributed by atoms with E-state index in [4.69, 9.17) is 16.3 Å². The number of aryl methyl sites for hydroxylation is 2. The van der Waals surface area contributed by atoms with Gasteiger partial charge in [0.1, 0.15) is 11.6 Å². The Morgan fingerprint density at radius 1 is 1.18 bits per heavy atom. The number of nitrogens with one attached hydrogen (secondary N) is 1. The van der Waals surface area contributed by atoms with Crippen molar-refractivity contribution in [1.29, 1.82) is 0 Å². The lowest BCUT2D eigenvalue weighted by Gasteiger charge is -2.17. The quantitative estimate of drug-likeness (QED) is 0.900. The Kier molecular flexibility index (Phi) is 5.03. The average molecular weight is 322 g/mol. The average Bonchev–Trinajstić information content (AvgIpc) is 2.44. The summed E-state index contributed by atoms with van der Waals surface area (Å²) in [5, 5.41) is 3.35. The van der Waals surface area contributed by atoms with Crippen LogP contribution in [0.15, 0.2) is 36.4 Å². The molecule has 0 bridgehead atoms. The van der Waals surface area contributed by atoms with E-state index in [1.165, 1.54) is 18.2 Å². The van der Waals surface area contributed by atoms with Gasteiger partial charge in [0.25, 0.3) is 5.91 Å². The van der Waals surface area contributed by atoms with E-state index >= 15 is 0 Å². The van der Waals surface area contributed by atoms with Crippen LogP contribution in [0.4, 0.5) is 10.1 Å². The van der Waals surface area contributed by atoms with Crippen molar-refractivity contribution in [2.75, 3.05) is 5.32 Å². The summed E-state index contributed by atoms with van der Waals surface area (Å²) >= 11 is 5.89.